The van der Waals surface area contributed by atoms with Crippen molar-refractivity contribution in [3.63, 3.8) is 0 Å². The number of thiocarbonyl (C=S) groups is 1. The summed E-state index contributed by atoms with van der Waals surface area (Å²) >= 11 is 5.82. The first-order chi connectivity index (χ1) is 17.6. The van der Waals surface area contributed by atoms with Gasteiger partial charge in [-0.3, -0.25) is 9.71 Å². The Morgan fingerprint density at radius 2 is 1.73 bits per heavy atom. The van der Waals surface area contributed by atoms with Crippen LogP contribution in [-0.4, -0.2) is 34.4 Å². The molecule has 0 aliphatic carbocycles. The number of phenols is 1. The summed E-state index contributed by atoms with van der Waals surface area (Å²) in [5.41, 5.74) is 5.81. The van der Waals surface area contributed by atoms with Crippen molar-refractivity contribution in [3.05, 3.63) is 102 Å². The molecule has 1 saturated heterocycles. The first-order valence-corrected chi connectivity index (χ1v) is 14.0. The highest BCUT2D eigenvalue weighted by molar-refractivity contribution is 7.92. The minimum Gasteiger partial charge on any atom is -0.506 e. The summed E-state index contributed by atoms with van der Waals surface area (Å²) in [6.07, 6.45) is 2.88. The maximum atomic E-state index is 11.7. The van der Waals surface area contributed by atoms with Crippen molar-refractivity contribution >= 4 is 38.7 Å². The fourth-order valence-electron chi connectivity index (χ4n) is 4.96. The molecule has 2 aromatic heterocycles. The van der Waals surface area contributed by atoms with Gasteiger partial charge in [0.2, 0.25) is 10.0 Å². The molecule has 2 aromatic carbocycles. The van der Waals surface area contributed by atoms with Crippen molar-refractivity contribution in [2.75, 3.05) is 15.9 Å². The number of nitrogens with zero attached hydrogens (tertiary/aromatic N) is 3. The van der Waals surface area contributed by atoms with Crippen molar-refractivity contribution in [1.82, 2.24) is 14.9 Å². The second-order valence-corrected chi connectivity index (χ2v) is 11.2. The summed E-state index contributed by atoms with van der Waals surface area (Å²) in [6, 6.07) is 21.8. The number of phenolic OH excluding ortho intramolecular Hbond substituents is 1. The first kappa shape index (κ1) is 24.8. The molecule has 0 saturated carbocycles. The van der Waals surface area contributed by atoms with E-state index in [4.69, 9.17) is 12.2 Å². The van der Waals surface area contributed by atoms with E-state index in [1.165, 1.54) is 0 Å². The predicted molar refractivity (Wildman–Crippen MR) is 150 cm³/mol. The van der Waals surface area contributed by atoms with Crippen LogP contribution in [0.15, 0.2) is 79.0 Å². The Morgan fingerprint density at radius 3 is 2.38 bits per heavy atom. The summed E-state index contributed by atoms with van der Waals surface area (Å²) in [7, 11) is -3.39. The van der Waals surface area contributed by atoms with Gasteiger partial charge in [0.15, 0.2) is 5.11 Å². The molecule has 1 aliphatic rings. The number of sulfonamides is 1. The van der Waals surface area contributed by atoms with Crippen LogP contribution in [0.5, 0.6) is 5.75 Å². The molecule has 0 unspecified atom stereocenters. The van der Waals surface area contributed by atoms with E-state index in [0.29, 0.717) is 16.5 Å². The van der Waals surface area contributed by atoms with Crippen LogP contribution in [0.1, 0.15) is 34.7 Å². The van der Waals surface area contributed by atoms with Crippen LogP contribution in [0.25, 0.3) is 5.69 Å². The third kappa shape index (κ3) is 4.77. The Kier molecular flexibility index (Phi) is 6.38. The largest absolute Gasteiger partial charge is 0.506 e. The molecule has 10 heteroatoms. The van der Waals surface area contributed by atoms with Gasteiger partial charge < -0.3 is 19.9 Å². The SMILES string of the molecule is Cc1cc([C@@H]2[C@H](c3ccccn3)NC(=S)N2c2ccc(NS(C)(=O)=O)cc2)c(C)n1-c1ccccc1O. The minimum atomic E-state index is -3.39. The molecule has 5 rings (SSSR count). The normalized spacial score (nSPS) is 17.6. The van der Waals surface area contributed by atoms with Crippen molar-refractivity contribution in [2.45, 2.75) is 25.9 Å². The molecule has 37 heavy (non-hydrogen) atoms. The van der Waals surface area contributed by atoms with Gasteiger partial charge in [-0.1, -0.05) is 18.2 Å². The highest BCUT2D eigenvalue weighted by atomic mass is 32.2. The van der Waals surface area contributed by atoms with Gasteiger partial charge in [0.1, 0.15) is 5.75 Å². The van der Waals surface area contributed by atoms with E-state index in [0.717, 1.165) is 34.6 Å². The van der Waals surface area contributed by atoms with E-state index in [1.54, 1.807) is 30.5 Å². The topological polar surface area (TPSA) is 99.5 Å². The number of aromatic hydroxyl groups is 1. The molecule has 190 valence electrons. The van der Waals surface area contributed by atoms with Gasteiger partial charge in [0, 0.05) is 29.0 Å². The summed E-state index contributed by atoms with van der Waals surface area (Å²) < 4.78 is 27.9. The molecular formula is C27H27N5O3S2. The van der Waals surface area contributed by atoms with Crippen LogP contribution in [0.2, 0.25) is 0 Å². The number of rotatable bonds is 6. The number of pyridine rings is 1. The van der Waals surface area contributed by atoms with E-state index in [2.05, 4.69) is 21.1 Å². The summed E-state index contributed by atoms with van der Waals surface area (Å²) in [5, 5.41) is 14.6. The molecule has 1 aliphatic heterocycles. The number of hydrogen-bond acceptors (Lipinski definition) is 5. The third-order valence-corrected chi connectivity index (χ3v) is 7.38. The zero-order chi connectivity index (χ0) is 26.3. The Bertz CT molecular complexity index is 1570. The van der Waals surface area contributed by atoms with E-state index in [-0.39, 0.29) is 17.8 Å². The smallest absolute Gasteiger partial charge is 0.229 e. The molecule has 0 radical (unpaired) electrons. The lowest BCUT2D eigenvalue weighted by atomic mass is 9.96. The second kappa shape index (κ2) is 9.53. The fraction of sp³-hybridized carbons (Fsp3) is 0.185. The lowest BCUT2D eigenvalue weighted by Gasteiger charge is -2.28. The number of hydrogen-bond donors (Lipinski definition) is 3. The fourth-order valence-corrected chi connectivity index (χ4v) is 5.87. The molecule has 1 fully saturated rings. The molecule has 8 nitrogen and oxygen atoms in total. The minimum absolute atomic E-state index is 0.197. The van der Waals surface area contributed by atoms with Crippen LogP contribution in [0.3, 0.4) is 0 Å². The zero-order valence-corrected chi connectivity index (χ0v) is 22.2. The maximum Gasteiger partial charge on any atom is 0.229 e. The van der Waals surface area contributed by atoms with Gasteiger partial charge in [-0.2, -0.15) is 0 Å². The van der Waals surface area contributed by atoms with E-state index in [9.17, 15) is 13.5 Å². The molecule has 0 spiro atoms. The zero-order valence-electron chi connectivity index (χ0n) is 20.6. The van der Waals surface area contributed by atoms with Crippen LogP contribution < -0.4 is 14.9 Å². The van der Waals surface area contributed by atoms with Gasteiger partial charge >= 0.3 is 0 Å². The third-order valence-electron chi connectivity index (χ3n) is 6.46. The average molecular weight is 534 g/mol. The average Bonchev–Trinajstić information content (AvgIpc) is 3.35. The number of aryl methyl sites for hydroxylation is 1. The molecule has 2 atom stereocenters. The number of benzene rings is 2. The Balaban J connectivity index is 1.64. The summed E-state index contributed by atoms with van der Waals surface area (Å²) in [6.45, 7) is 4.04. The molecule has 3 heterocycles. The lowest BCUT2D eigenvalue weighted by molar-refractivity contribution is 0.471. The summed E-state index contributed by atoms with van der Waals surface area (Å²) in [4.78, 5) is 6.65. The standard InChI is InChI=1S/C27H27N5O3S2/c1-17-16-21(18(2)31(17)23-9-4-5-10-24(23)33)26-25(22-8-6-7-15-28-22)29-27(36)32(26)20-13-11-19(12-14-20)30-37(3,34)35/h4-16,25-26,30,33H,1-3H3,(H,29,36)/t25-,26+/m0/s1. The first-order valence-electron chi connectivity index (χ1n) is 11.7. The van der Waals surface area contributed by atoms with Crippen molar-refractivity contribution in [1.29, 1.82) is 0 Å². The molecular weight excluding hydrogens is 506 g/mol. The number of para-hydroxylation sites is 2. The van der Waals surface area contributed by atoms with E-state index in [1.807, 2.05) is 65.8 Å². The Hall–Kier alpha value is -3.89. The Labute approximate surface area is 221 Å². The van der Waals surface area contributed by atoms with Crippen LogP contribution in [0, 0.1) is 13.8 Å². The number of aromatic nitrogens is 2. The van der Waals surface area contributed by atoms with Crippen LogP contribution in [0.4, 0.5) is 11.4 Å². The molecule has 0 bridgehead atoms. The molecule has 0 amide bonds. The van der Waals surface area contributed by atoms with Crippen molar-refractivity contribution in [3.8, 4) is 11.4 Å². The van der Waals surface area contributed by atoms with Crippen LogP contribution in [-0.2, 0) is 10.0 Å². The molecule has 4 aromatic rings. The second-order valence-electron chi connectivity index (χ2n) is 9.07. The van der Waals surface area contributed by atoms with E-state index >= 15 is 0 Å². The van der Waals surface area contributed by atoms with Crippen molar-refractivity contribution < 1.29 is 13.5 Å². The monoisotopic (exact) mass is 533 g/mol. The predicted octanol–water partition coefficient (Wildman–Crippen LogP) is 4.74. The van der Waals surface area contributed by atoms with Crippen LogP contribution >= 0.6 is 12.2 Å². The number of anilines is 2. The highest BCUT2D eigenvalue weighted by Crippen LogP contribution is 2.44. The van der Waals surface area contributed by atoms with Crippen molar-refractivity contribution in [2.24, 2.45) is 0 Å². The quantitative estimate of drug-likeness (QED) is 0.308. The maximum absolute atomic E-state index is 11.7. The lowest BCUT2D eigenvalue weighted by Crippen LogP contribution is -2.29. The Morgan fingerprint density at radius 1 is 1.03 bits per heavy atom. The summed E-state index contributed by atoms with van der Waals surface area (Å²) in [5.74, 6) is 0.197. The van der Waals surface area contributed by atoms with Gasteiger partial charge in [-0.05, 0) is 86.2 Å². The molecule has 3 N–H and O–H groups in total. The van der Waals surface area contributed by atoms with Gasteiger partial charge in [0.05, 0.1) is 29.7 Å². The number of nitrogens with one attached hydrogen (secondary N) is 2. The highest BCUT2D eigenvalue weighted by Gasteiger charge is 2.42. The van der Waals surface area contributed by atoms with Gasteiger partial charge in [-0.25, -0.2) is 8.42 Å². The van der Waals surface area contributed by atoms with E-state index < -0.39 is 10.0 Å². The van der Waals surface area contributed by atoms with Gasteiger partial charge in [0.25, 0.3) is 0 Å². The van der Waals surface area contributed by atoms with Gasteiger partial charge in [-0.15, -0.1) is 0 Å².